The minimum atomic E-state index is -1.14. The van der Waals surface area contributed by atoms with E-state index >= 15 is 0 Å². The molecule has 1 amide bonds. The second-order valence-corrected chi connectivity index (χ2v) is 5.26. The smallest absolute Gasteiger partial charge is 0.326 e. The highest BCUT2D eigenvalue weighted by Gasteiger charge is 2.34. The summed E-state index contributed by atoms with van der Waals surface area (Å²) in [5.74, 6) is -3.91. The second-order valence-electron chi connectivity index (χ2n) is 5.26. The molecule has 2 rings (SSSR count). The summed E-state index contributed by atoms with van der Waals surface area (Å²) in [5.41, 5.74) is -0.510. The highest BCUT2D eigenvalue weighted by molar-refractivity contribution is 5.97. The molecule has 0 bridgehead atoms. The van der Waals surface area contributed by atoms with Crippen LogP contribution in [0.25, 0.3) is 0 Å². The lowest BCUT2D eigenvalue weighted by molar-refractivity contribution is -0.142. The number of carbonyl (C=O) groups excluding carboxylic acids is 1. The molecular weight excluding hydrogens is 280 g/mol. The Morgan fingerprint density at radius 2 is 1.95 bits per heavy atom. The molecule has 1 aliphatic heterocycles. The summed E-state index contributed by atoms with van der Waals surface area (Å²) >= 11 is 0. The van der Waals surface area contributed by atoms with E-state index in [0.29, 0.717) is 19.3 Å². The molecule has 1 aliphatic rings. The first kappa shape index (κ1) is 15.4. The zero-order chi connectivity index (χ0) is 15.6. The third-order valence-electron chi connectivity index (χ3n) is 3.80. The molecule has 1 saturated heterocycles. The molecule has 1 unspecified atom stereocenters. The summed E-state index contributed by atoms with van der Waals surface area (Å²) in [4.78, 5) is 24.8. The van der Waals surface area contributed by atoms with Crippen molar-refractivity contribution in [3.05, 3.63) is 34.9 Å². The van der Waals surface area contributed by atoms with E-state index in [9.17, 15) is 23.5 Å². The fourth-order valence-electron chi connectivity index (χ4n) is 2.60. The van der Waals surface area contributed by atoms with Crippen LogP contribution in [0, 0.1) is 18.6 Å². The number of aliphatic carboxylic acids is 1. The number of rotatable bonds is 2. The van der Waals surface area contributed by atoms with Gasteiger partial charge in [-0.05, 0) is 31.4 Å². The SMILES string of the molecule is Cc1ccc(F)c(C(=O)N2CCCCCC2C(=O)O)c1F. The summed E-state index contributed by atoms with van der Waals surface area (Å²) in [7, 11) is 0. The first-order chi connectivity index (χ1) is 9.93. The van der Waals surface area contributed by atoms with Crippen LogP contribution in [-0.4, -0.2) is 34.5 Å². The molecule has 1 aromatic carbocycles. The van der Waals surface area contributed by atoms with Crippen molar-refractivity contribution < 1.29 is 23.5 Å². The predicted molar refractivity (Wildman–Crippen MR) is 72.0 cm³/mol. The van der Waals surface area contributed by atoms with Crippen LogP contribution < -0.4 is 0 Å². The molecule has 0 radical (unpaired) electrons. The van der Waals surface area contributed by atoms with Gasteiger partial charge in [0.05, 0.1) is 0 Å². The van der Waals surface area contributed by atoms with Crippen LogP contribution in [0.1, 0.15) is 41.6 Å². The molecule has 1 N–H and O–H groups in total. The topological polar surface area (TPSA) is 57.6 Å². The number of nitrogens with zero attached hydrogens (tertiary/aromatic N) is 1. The number of hydrogen-bond acceptors (Lipinski definition) is 2. The molecule has 0 aromatic heterocycles. The van der Waals surface area contributed by atoms with Crippen molar-refractivity contribution in [3.63, 3.8) is 0 Å². The van der Waals surface area contributed by atoms with Gasteiger partial charge in [0, 0.05) is 6.54 Å². The van der Waals surface area contributed by atoms with E-state index in [4.69, 9.17) is 0 Å². The van der Waals surface area contributed by atoms with E-state index in [0.717, 1.165) is 17.4 Å². The molecule has 114 valence electrons. The molecule has 1 aromatic rings. The summed E-state index contributed by atoms with van der Waals surface area (Å²) < 4.78 is 27.9. The lowest BCUT2D eigenvalue weighted by atomic mass is 10.1. The van der Waals surface area contributed by atoms with Gasteiger partial charge in [0.2, 0.25) is 0 Å². The highest BCUT2D eigenvalue weighted by Crippen LogP contribution is 2.23. The molecule has 0 aliphatic carbocycles. The molecule has 6 heteroatoms. The maximum absolute atomic E-state index is 14.1. The number of benzene rings is 1. The molecule has 1 fully saturated rings. The van der Waals surface area contributed by atoms with Crippen LogP contribution in [0.3, 0.4) is 0 Å². The van der Waals surface area contributed by atoms with E-state index in [2.05, 4.69) is 0 Å². The molecular formula is C15H17F2NO3. The van der Waals surface area contributed by atoms with Gasteiger partial charge in [-0.15, -0.1) is 0 Å². The van der Waals surface area contributed by atoms with Gasteiger partial charge in [-0.3, -0.25) is 4.79 Å². The van der Waals surface area contributed by atoms with E-state index < -0.39 is 35.1 Å². The number of carboxylic acids is 1. The highest BCUT2D eigenvalue weighted by atomic mass is 19.1. The maximum atomic E-state index is 14.1. The number of amides is 1. The van der Waals surface area contributed by atoms with Gasteiger partial charge in [-0.2, -0.15) is 0 Å². The molecule has 0 saturated carbocycles. The Morgan fingerprint density at radius 1 is 1.24 bits per heavy atom. The van der Waals surface area contributed by atoms with Crippen molar-refractivity contribution >= 4 is 11.9 Å². The van der Waals surface area contributed by atoms with Crippen molar-refractivity contribution in [1.82, 2.24) is 4.90 Å². The van der Waals surface area contributed by atoms with E-state index in [1.54, 1.807) is 0 Å². The van der Waals surface area contributed by atoms with E-state index in [-0.39, 0.29) is 12.1 Å². The Balaban J connectivity index is 2.41. The largest absolute Gasteiger partial charge is 0.480 e. The van der Waals surface area contributed by atoms with Gasteiger partial charge < -0.3 is 10.0 Å². The van der Waals surface area contributed by atoms with Crippen molar-refractivity contribution in [3.8, 4) is 0 Å². The van der Waals surface area contributed by atoms with E-state index in [1.165, 1.54) is 13.0 Å². The Hall–Kier alpha value is -1.98. The van der Waals surface area contributed by atoms with Gasteiger partial charge in [0.25, 0.3) is 5.91 Å². The summed E-state index contributed by atoms with van der Waals surface area (Å²) in [6.45, 7) is 1.63. The first-order valence-corrected chi connectivity index (χ1v) is 6.92. The van der Waals surface area contributed by atoms with Gasteiger partial charge in [0.15, 0.2) is 0 Å². The van der Waals surface area contributed by atoms with Gasteiger partial charge in [-0.25, -0.2) is 13.6 Å². The van der Waals surface area contributed by atoms with Crippen LogP contribution in [0.15, 0.2) is 12.1 Å². The van der Waals surface area contributed by atoms with Crippen LogP contribution in [0.4, 0.5) is 8.78 Å². The molecule has 4 nitrogen and oxygen atoms in total. The number of carboxylic acid groups (broad SMARTS) is 1. The normalized spacial score (nSPS) is 19.2. The Labute approximate surface area is 121 Å². The van der Waals surface area contributed by atoms with Crippen molar-refractivity contribution in [2.75, 3.05) is 6.54 Å². The minimum absolute atomic E-state index is 0.154. The minimum Gasteiger partial charge on any atom is -0.480 e. The average Bonchev–Trinajstić information content (AvgIpc) is 2.69. The number of hydrogen-bond donors (Lipinski definition) is 1. The van der Waals surface area contributed by atoms with Crippen molar-refractivity contribution in [1.29, 1.82) is 0 Å². The van der Waals surface area contributed by atoms with Crippen LogP contribution in [0.5, 0.6) is 0 Å². The molecule has 21 heavy (non-hydrogen) atoms. The number of carbonyl (C=O) groups is 2. The van der Waals surface area contributed by atoms with Gasteiger partial charge >= 0.3 is 5.97 Å². The zero-order valence-electron chi connectivity index (χ0n) is 11.7. The number of likely N-dealkylation sites (tertiary alicyclic amines) is 1. The van der Waals surface area contributed by atoms with Crippen molar-refractivity contribution in [2.45, 2.75) is 38.6 Å². The molecule has 0 spiro atoms. The predicted octanol–water partition coefficient (Wildman–Crippen LogP) is 2.74. The van der Waals surface area contributed by atoms with Crippen LogP contribution in [0.2, 0.25) is 0 Å². The fourth-order valence-corrected chi connectivity index (χ4v) is 2.60. The van der Waals surface area contributed by atoms with Gasteiger partial charge in [-0.1, -0.05) is 18.9 Å². The Morgan fingerprint density at radius 3 is 2.62 bits per heavy atom. The summed E-state index contributed by atoms with van der Waals surface area (Å²) in [5, 5.41) is 9.24. The summed E-state index contributed by atoms with van der Waals surface area (Å²) in [6.07, 6.45) is 2.41. The zero-order valence-corrected chi connectivity index (χ0v) is 11.7. The lowest BCUT2D eigenvalue weighted by Crippen LogP contribution is -2.45. The van der Waals surface area contributed by atoms with Crippen LogP contribution >= 0.6 is 0 Å². The molecule has 1 atom stereocenters. The lowest BCUT2D eigenvalue weighted by Gasteiger charge is -2.27. The molecule has 1 heterocycles. The monoisotopic (exact) mass is 297 g/mol. The van der Waals surface area contributed by atoms with Crippen molar-refractivity contribution in [2.24, 2.45) is 0 Å². The second kappa shape index (κ2) is 6.20. The number of aryl methyl sites for hydroxylation is 1. The van der Waals surface area contributed by atoms with E-state index in [1.807, 2.05) is 0 Å². The van der Waals surface area contributed by atoms with Crippen LogP contribution in [-0.2, 0) is 4.79 Å². The average molecular weight is 297 g/mol. The maximum Gasteiger partial charge on any atom is 0.326 e. The first-order valence-electron chi connectivity index (χ1n) is 6.92. The quantitative estimate of drug-likeness (QED) is 0.913. The number of halogens is 2. The Bertz CT molecular complexity index is 574. The summed E-state index contributed by atoms with van der Waals surface area (Å²) in [6, 6.07) is 1.25. The third kappa shape index (κ3) is 3.04. The fraction of sp³-hybridized carbons (Fsp3) is 0.467. The van der Waals surface area contributed by atoms with Gasteiger partial charge in [0.1, 0.15) is 23.2 Å². The third-order valence-corrected chi connectivity index (χ3v) is 3.80. The standard InChI is InChI=1S/C15H17F2NO3/c1-9-6-7-10(16)12(13(9)17)14(19)18-8-4-2-3-5-11(18)15(20)21/h6-7,11H,2-5,8H2,1H3,(H,20,21). The Kier molecular flexibility index (Phi) is 4.55.